The number of rotatable bonds is 7. The number of likely N-dealkylation sites (N-methyl/N-ethyl adjacent to an activating group) is 1. The zero-order valence-corrected chi connectivity index (χ0v) is 18.2. The fraction of sp³-hybridized carbons (Fsp3) is 0.667. The Hall–Kier alpha value is -1.46. The number of aliphatic hydroxyl groups excluding tert-OH is 3. The van der Waals surface area contributed by atoms with Crippen LogP contribution in [0.4, 0.5) is 0 Å². The van der Waals surface area contributed by atoms with Crippen LogP contribution in [0.15, 0.2) is 24.3 Å². The largest absolute Gasteiger partial charge is 0.479 e. The van der Waals surface area contributed by atoms with Gasteiger partial charge in [0.1, 0.15) is 24.1 Å². The summed E-state index contributed by atoms with van der Waals surface area (Å²) in [4.78, 5) is 11.2. The summed E-state index contributed by atoms with van der Waals surface area (Å²) in [7, 11) is 1.84. The molecule has 3 rings (SSSR count). The number of halogens is 1. The Morgan fingerprint density at radius 3 is 2.29 bits per heavy atom. The van der Waals surface area contributed by atoms with Crippen LogP contribution < -0.4 is 10.1 Å². The highest BCUT2D eigenvalue weighted by molar-refractivity contribution is 5.85. The first-order chi connectivity index (χ1) is 14.3. The van der Waals surface area contributed by atoms with Crippen molar-refractivity contribution in [2.75, 3.05) is 13.6 Å². The van der Waals surface area contributed by atoms with Gasteiger partial charge in [-0.1, -0.05) is 31.4 Å². The lowest BCUT2D eigenvalue weighted by Crippen LogP contribution is -2.61. The quantitative estimate of drug-likeness (QED) is 0.339. The van der Waals surface area contributed by atoms with E-state index in [1.54, 1.807) is 12.1 Å². The number of aliphatic hydroxyl groups is 4. The molecule has 1 aromatic rings. The Morgan fingerprint density at radius 1 is 1.13 bits per heavy atom. The van der Waals surface area contributed by atoms with Crippen molar-refractivity contribution >= 4 is 18.4 Å². The van der Waals surface area contributed by atoms with E-state index >= 15 is 0 Å². The first-order valence-electron chi connectivity index (χ1n) is 10.3. The van der Waals surface area contributed by atoms with Gasteiger partial charge < -0.3 is 40.3 Å². The summed E-state index contributed by atoms with van der Waals surface area (Å²) in [6, 6.07) is 6.93. The van der Waals surface area contributed by atoms with Crippen molar-refractivity contribution in [2.24, 2.45) is 0 Å². The van der Waals surface area contributed by atoms with Crippen LogP contribution in [0.25, 0.3) is 0 Å². The minimum Gasteiger partial charge on any atom is -0.479 e. The highest BCUT2D eigenvalue weighted by Crippen LogP contribution is 2.40. The Bertz CT molecular complexity index is 712. The molecular weight excluding hydrogens is 430 g/mol. The maximum atomic E-state index is 11.2. The van der Waals surface area contributed by atoms with Crippen LogP contribution in [0.1, 0.15) is 43.6 Å². The summed E-state index contributed by atoms with van der Waals surface area (Å²) >= 11 is 0. The van der Waals surface area contributed by atoms with Crippen molar-refractivity contribution in [1.82, 2.24) is 5.32 Å². The van der Waals surface area contributed by atoms with E-state index in [0.29, 0.717) is 12.3 Å². The number of hydrogen-bond donors (Lipinski definition) is 6. The molecule has 31 heavy (non-hydrogen) atoms. The zero-order chi connectivity index (χ0) is 21.9. The molecule has 10 heteroatoms. The normalized spacial score (nSPS) is 31.3. The fourth-order valence-corrected chi connectivity index (χ4v) is 4.40. The highest BCUT2D eigenvalue weighted by atomic mass is 35.5. The molecule has 4 unspecified atom stereocenters. The van der Waals surface area contributed by atoms with Crippen LogP contribution in [0.5, 0.6) is 5.75 Å². The van der Waals surface area contributed by atoms with Crippen molar-refractivity contribution in [3.63, 3.8) is 0 Å². The molecule has 0 bridgehead atoms. The van der Waals surface area contributed by atoms with Gasteiger partial charge in [0, 0.05) is 12.5 Å². The number of carbonyl (C=O) groups is 1. The Balaban J connectivity index is 0.00000341. The van der Waals surface area contributed by atoms with Gasteiger partial charge in [0.25, 0.3) is 0 Å². The topological polar surface area (TPSA) is 149 Å². The molecule has 6 atom stereocenters. The van der Waals surface area contributed by atoms with Gasteiger partial charge in [0.15, 0.2) is 6.10 Å². The zero-order valence-electron chi connectivity index (χ0n) is 17.4. The molecule has 2 aliphatic rings. The molecule has 1 aliphatic carbocycles. The van der Waals surface area contributed by atoms with Gasteiger partial charge in [-0.2, -0.15) is 0 Å². The van der Waals surface area contributed by atoms with Crippen molar-refractivity contribution < 1.29 is 39.8 Å². The lowest BCUT2D eigenvalue weighted by molar-refractivity contribution is -0.271. The van der Waals surface area contributed by atoms with Gasteiger partial charge in [0.05, 0.1) is 5.60 Å². The van der Waals surface area contributed by atoms with Crippen LogP contribution in [-0.4, -0.2) is 81.4 Å². The minimum atomic E-state index is -1.77. The van der Waals surface area contributed by atoms with E-state index in [1.807, 2.05) is 19.2 Å². The molecular formula is C21H32ClNO8. The smallest absolute Gasteiger partial charge is 0.335 e. The minimum absolute atomic E-state index is 0. The maximum absolute atomic E-state index is 11.2. The van der Waals surface area contributed by atoms with Crippen molar-refractivity contribution in [3.05, 3.63) is 29.8 Å². The van der Waals surface area contributed by atoms with E-state index in [9.17, 15) is 25.2 Å². The molecule has 0 spiro atoms. The van der Waals surface area contributed by atoms with E-state index < -0.39 is 42.3 Å². The third-order valence-corrected chi connectivity index (χ3v) is 6.12. The van der Waals surface area contributed by atoms with E-state index in [1.165, 1.54) is 0 Å². The highest BCUT2D eigenvalue weighted by Gasteiger charge is 2.48. The molecule has 2 fully saturated rings. The van der Waals surface area contributed by atoms with E-state index in [-0.39, 0.29) is 18.3 Å². The van der Waals surface area contributed by atoms with E-state index in [2.05, 4.69) is 5.32 Å². The second kappa shape index (κ2) is 10.9. The number of aliphatic carboxylic acids is 1. The lowest BCUT2D eigenvalue weighted by atomic mass is 9.73. The molecule has 0 radical (unpaired) electrons. The van der Waals surface area contributed by atoms with Gasteiger partial charge in [-0.25, -0.2) is 4.79 Å². The maximum Gasteiger partial charge on any atom is 0.335 e. The molecule has 0 amide bonds. The molecule has 1 heterocycles. The van der Waals surface area contributed by atoms with Gasteiger partial charge in [-0.05, 0) is 37.6 Å². The molecule has 1 saturated carbocycles. The summed E-state index contributed by atoms with van der Waals surface area (Å²) in [5.41, 5.74) is 0.159. The molecule has 1 aromatic carbocycles. The monoisotopic (exact) mass is 461 g/mol. The van der Waals surface area contributed by atoms with Gasteiger partial charge in [0.2, 0.25) is 6.29 Å². The summed E-state index contributed by atoms with van der Waals surface area (Å²) < 4.78 is 10.7. The lowest BCUT2D eigenvalue weighted by Gasteiger charge is -2.40. The average molecular weight is 462 g/mol. The number of carboxylic acids is 1. The number of benzene rings is 1. The Labute approximate surface area is 187 Å². The van der Waals surface area contributed by atoms with Crippen LogP contribution in [0.2, 0.25) is 0 Å². The number of carboxylic acid groups (broad SMARTS) is 1. The fourth-order valence-electron chi connectivity index (χ4n) is 4.40. The molecule has 1 saturated heterocycles. The summed E-state index contributed by atoms with van der Waals surface area (Å²) in [5.74, 6) is -1.26. The van der Waals surface area contributed by atoms with Crippen LogP contribution in [0, 0.1) is 0 Å². The molecule has 0 aromatic heterocycles. The Kier molecular flexibility index (Phi) is 9.08. The van der Waals surface area contributed by atoms with Crippen molar-refractivity contribution in [2.45, 2.75) is 74.3 Å². The molecule has 176 valence electrons. The SMILES string of the molecule is CNCC(c1ccc(O[C@@H]2OC(C(=O)O)[C@@H](O)C(O)C2O)cc1)C1(O)CCCCC1.Cl. The molecule has 6 N–H and O–H groups in total. The van der Waals surface area contributed by atoms with Crippen molar-refractivity contribution in [1.29, 1.82) is 0 Å². The van der Waals surface area contributed by atoms with Crippen LogP contribution >= 0.6 is 12.4 Å². The van der Waals surface area contributed by atoms with Crippen molar-refractivity contribution in [3.8, 4) is 5.75 Å². The van der Waals surface area contributed by atoms with Crippen LogP contribution in [-0.2, 0) is 9.53 Å². The summed E-state index contributed by atoms with van der Waals surface area (Å²) in [5, 5.41) is 53.2. The number of hydrogen-bond acceptors (Lipinski definition) is 8. The second-order valence-electron chi connectivity index (χ2n) is 8.20. The number of nitrogens with one attached hydrogen (secondary N) is 1. The average Bonchev–Trinajstić information content (AvgIpc) is 2.73. The summed E-state index contributed by atoms with van der Waals surface area (Å²) in [6.07, 6.45) is -3.66. The standard InChI is InChI=1S/C21H31NO8.ClH/c1-22-11-14(21(28)9-3-2-4-10-21)12-5-7-13(8-6-12)29-20-17(25)15(23)16(24)18(30-20)19(26)27;/h5-8,14-18,20,22-25,28H,2-4,9-11H2,1H3,(H,26,27);1H/t14?,15?,16-,17?,18?,20+;/m0./s1. The third kappa shape index (κ3) is 5.67. The van der Waals surface area contributed by atoms with Gasteiger partial charge in [-0.15, -0.1) is 12.4 Å². The molecule has 1 aliphatic heterocycles. The summed E-state index contributed by atoms with van der Waals surface area (Å²) in [6.45, 7) is 0.617. The first kappa shape index (κ1) is 25.8. The van der Waals surface area contributed by atoms with Crippen LogP contribution in [0.3, 0.4) is 0 Å². The third-order valence-electron chi connectivity index (χ3n) is 6.12. The Morgan fingerprint density at radius 2 is 1.74 bits per heavy atom. The van der Waals surface area contributed by atoms with E-state index in [0.717, 1.165) is 37.7 Å². The van der Waals surface area contributed by atoms with Gasteiger partial charge in [-0.3, -0.25) is 0 Å². The predicted octanol–water partition coefficient (Wildman–Crippen LogP) is 0.378. The first-order valence-corrected chi connectivity index (χ1v) is 10.3. The predicted molar refractivity (Wildman–Crippen MR) is 113 cm³/mol. The van der Waals surface area contributed by atoms with E-state index in [4.69, 9.17) is 14.6 Å². The van der Waals surface area contributed by atoms with Gasteiger partial charge >= 0.3 is 5.97 Å². The molecule has 9 nitrogen and oxygen atoms in total. The second-order valence-corrected chi connectivity index (χ2v) is 8.20. The number of ether oxygens (including phenoxy) is 2.